The van der Waals surface area contributed by atoms with E-state index in [2.05, 4.69) is 18.0 Å². The maximum atomic E-state index is 5.83. The van der Waals surface area contributed by atoms with E-state index < -0.39 is 0 Å². The van der Waals surface area contributed by atoms with E-state index in [4.69, 9.17) is 9.15 Å². The molecule has 0 N–H and O–H groups in total. The minimum atomic E-state index is 0.523. The van der Waals surface area contributed by atoms with Gasteiger partial charge in [-0.2, -0.15) is 0 Å². The van der Waals surface area contributed by atoms with Gasteiger partial charge in [-0.1, -0.05) is 12.1 Å². The number of benzene rings is 1. The highest BCUT2D eigenvalue weighted by atomic mass is 16.5. The van der Waals surface area contributed by atoms with Gasteiger partial charge in [-0.05, 0) is 39.0 Å². The van der Waals surface area contributed by atoms with Gasteiger partial charge < -0.3 is 14.1 Å². The Kier molecular flexibility index (Phi) is 3.00. The lowest BCUT2D eigenvalue weighted by atomic mass is 9.92. The van der Waals surface area contributed by atoms with Gasteiger partial charge in [0.15, 0.2) is 0 Å². The Hall–Kier alpha value is -1.48. The minimum Gasteiger partial charge on any atom is -0.496 e. The highest BCUT2D eigenvalue weighted by Crippen LogP contribution is 2.38. The van der Waals surface area contributed by atoms with Gasteiger partial charge >= 0.3 is 0 Å². The number of furan rings is 1. The molecule has 18 heavy (non-hydrogen) atoms. The molecule has 1 saturated heterocycles. The number of nitrogens with zero attached hydrogens (tertiary/aromatic N) is 1. The predicted molar refractivity (Wildman–Crippen MR) is 72.2 cm³/mol. The fraction of sp³-hybridized carbons (Fsp3) is 0.467. The van der Waals surface area contributed by atoms with Crippen LogP contribution in [0.2, 0.25) is 0 Å². The molecule has 0 bridgehead atoms. The lowest BCUT2D eigenvalue weighted by Crippen LogP contribution is -2.29. The Morgan fingerprint density at radius 2 is 2.06 bits per heavy atom. The van der Waals surface area contributed by atoms with Crippen molar-refractivity contribution < 1.29 is 9.15 Å². The second-order valence-corrected chi connectivity index (χ2v) is 5.10. The molecule has 2 aromatic rings. The van der Waals surface area contributed by atoms with Gasteiger partial charge in [0.25, 0.3) is 0 Å². The van der Waals surface area contributed by atoms with Crippen LogP contribution in [0.1, 0.15) is 24.5 Å². The van der Waals surface area contributed by atoms with Gasteiger partial charge in [0, 0.05) is 11.3 Å². The standard InChI is InChI=1S/C15H19NO2/c1-16-8-6-11(7-9-16)15-14-12(10-18-15)4-3-5-13(14)17-2/h3-5,10-11H,6-9H2,1-2H3. The van der Waals surface area contributed by atoms with Crippen molar-refractivity contribution in [1.29, 1.82) is 0 Å². The molecule has 3 rings (SSSR count). The molecule has 0 radical (unpaired) electrons. The summed E-state index contributed by atoms with van der Waals surface area (Å²) in [6, 6.07) is 6.10. The monoisotopic (exact) mass is 245 g/mol. The van der Waals surface area contributed by atoms with Crippen LogP contribution in [-0.4, -0.2) is 32.1 Å². The van der Waals surface area contributed by atoms with Crippen molar-refractivity contribution in [2.45, 2.75) is 18.8 Å². The van der Waals surface area contributed by atoms with Crippen molar-refractivity contribution in [3.05, 3.63) is 30.2 Å². The average Bonchev–Trinajstić information content (AvgIpc) is 2.83. The Morgan fingerprint density at radius 1 is 1.28 bits per heavy atom. The number of piperidine rings is 1. The number of fused-ring (bicyclic) bond motifs is 1. The second-order valence-electron chi connectivity index (χ2n) is 5.10. The Morgan fingerprint density at radius 3 is 2.78 bits per heavy atom. The van der Waals surface area contributed by atoms with E-state index >= 15 is 0 Å². The van der Waals surface area contributed by atoms with E-state index in [1.165, 1.54) is 0 Å². The molecule has 0 atom stereocenters. The summed E-state index contributed by atoms with van der Waals surface area (Å²) in [5, 5.41) is 2.30. The summed E-state index contributed by atoms with van der Waals surface area (Å²) < 4.78 is 11.3. The van der Waals surface area contributed by atoms with Crippen LogP contribution in [0.3, 0.4) is 0 Å². The summed E-state index contributed by atoms with van der Waals surface area (Å²) >= 11 is 0. The van der Waals surface area contributed by atoms with E-state index in [1.807, 2.05) is 18.4 Å². The summed E-state index contributed by atoms with van der Waals surface area (Å²) in [5.41, 5.74) is 0. The Balaban J connectivity index is 2.01. The molecule has 1 fully saturated rings. The lowest BCUT2D eigenvalue weighted by molar-refractivity contribution is 0.241. The van der Waals surface area contributed by atoms with Gasteiger partial charge in [0.05, 0.1) is 18.8 Å². The van der Waals surface area contributed by atoms with Crippen LogP contribution in [0.25, 0.3) is 10.8 Å². The average molecular weight is 245 g/mol. The largest absolute Gasteiger partial charge is 0.496 e. The van der Waals surface area contributed by atoms with Crippen molar-refractivity contribution in [1.82, 2.24) is 4.90 Å². The van der Waals surface area contributed by atoms with Crippen molar-refractivity contribution in [3.8, 4) is 5.75 Å². The molecule has 1 aromatic heterocycles. The van der Waals surface area contributed by atoms with Crippen LogP contribution >= 0.6 is 0 Å². The van der Waals surface area contributed by atoms with E-state index in [0.29, 0.717) is 5.92 Å². The van der Waals surface area contributed by atoms with Gasteiger partial charge in [-0.25, -0.2) is 0 Å². The fourth-order valence-electron chi connectivity index (χ4n) is 2.84. The SMILES string of the molecule is COc1cccc2coc(C3CCN(C)CC3)c12. The van der Waals surface area contributed by atoms with Crippen molar-refractivity contribution in [3.63, 3.8) is 0 Å². The van der Waals surface area contributed by atoms with Crippen LogP contribution in [0, 0.1) is 0 Å². The van der Waals surface area contributed by atoms with Crippen LogP contribution in [0.15, 0.2) is 28.9 Å². The third-order valence-electron chi connectivity index (χ3n) is 3.93. The third kappa shape index (κ3) is 1.89. The zero-order valence-electron chi connectivity index (χ0n) is 11.0. The molecular weight excluding hydrogens is 226 g/mol. The van der Waals surface area contributed by atoms with Gasteiger partial charge in [-0.3, -0.25) is 0 Å². The maximum absolute atomic E-state index is 5.83. The molecule has 96 valence electrons. The summed E-state index contributed by atoms with van der Waals surface area (Å²) in [5.74, 6) is 2.56. The smallest absolute Gasteiger partial charge is 0.130 e. The second kappa shape index (κ2) is 4.65. The van der Waals surface area contributed by atoms with E-state index in [1.54, 1.807) is 7.11 Å². The van der Waals surface area contributed by atoms with Crippen LogP contribution in [0.5, 0.6) is 5.75 Å². The lowest BCUT2D eigenvalue weighted by Gasteiger charge is -2.27. The van der Waals surface area contributed by atoms with Crippen LogP contribution in [-0.2, 0) is 0 Å². The number of methoxy groups -OCH3 is 1. The molecule has 3 heteroatoms. The van der Waals surface area contributed by atoms with Gasteiger partial charge in [0.1, 0.15) is 11.5 Å². The zero-order chi connectivity index (χ0) is 12.5. The first-order valence-electron chi connectivity index (χ1n) is 6.52. The molecule has 0 amide bonds. The highest BCUT2D eigenvalue weighted by Gasteiger charge is 2.24. The molecule has 3 nitrogen and oxygen atoms in total. The topological polar surface area (TPSA) is 25.6 Å². The predicted octanol–water partition coefficient (Wildman–Crippen LogP) is 3.25. The summed E-state index contributed by atoms with van der Waals surface area (Å²) in [6.45, 7) is 2.28. The molecule has 0 saturated carbocycles. The Labute approximate surface area is 107 Å². The van der Waals surface area contributed by atoms with Crippen molar-refractivity contribution >= 4 is 10.8 Å². The third-order valence-corrected chi connectivity index (χ3v) is 3.93. The van der Waals surface area contributed by atoms with E-state index in [0.717, 1.165) is 48.2 Å². The number of hydrogen-bond acceptors (Lipinski definition) is 3. The molecule has 0 unspecified atom stereocenters. The zero-order valence-corrected chi connectivity index (χ0v) is 11.0. The van der Waals surface area contributed by atoms with Crippen LogP contribution in [0.4, 0.5) is 0 Å². The molecule has 1 aliphatic rings. The number of ether oxygens (including phenoxy) is 1. The summed E-state index contributed by atoms with van der Waals surface area (Å²) in [6.07, 6.45) is 4.18. The highest BCUT2D eigenvalue weighted by molar-refractivity contribution is 5.90. The summed E-state index contributed by atoms with van der Waals surface area (Å²) in [4.78, 5) is 2.37. The quantitative estimate of drug-likeness (QED) is 0.812. The van der Waals surface area contributed by atoms with Crippen molar-refractivity contribution in [2.24, 2.45) is 0 Å². The fourth-order valence-corrected chi connectivity index (χ4v) is 2.84. The number of rotatable bonds is 2. The van der Waals surface area contributed by atoms with Crippen LogP contribution < -0.4 is 4.74 Å². The normalized spacial score (nSPS) is 18.3. The van der Waals surface area contributed by atoms with E-state index in [-0.39, 0.29) is 0 Å². The number of likely N-dealkylation sites (tertiary alicyclic amines) is 1. The molecule has 1 aromatic carbocycles. The van der Waals surface area contributed by atoms with Crippen molar-refractivity contribution in [2.75, 3.05) is 27.2 Å². The minimum absolute atomic E-state index is 0.523. The summed E-state index contributed by atoms with van der Waals surface area (Å²) in [7, 11) is 3.90. The molecule has 1 aliphatic heterocycles. The Bertz CT molecular complexity index is 538. The number of hydrogen-bond donors (Lipinski definition) is 0. The molecule has 0 aliphatic carbocycles. The maximum Gasteiger partial charge on any atom is 0.130 e. The first-order valence-corrected chi connectivity index (χ1v) is 6.52. The van der Waals surface area contributed by atoms with E-state index in [9.17, 15) is 0 Å². The molecular formula is C15H19NO2. The first kappa shape index (κ1) is 11.6. The van der Waals surface area contributed by atoms with Gasteiger partial charge in [-0.15, -0.1) is 0 Å². The van der Waals surface area contributed by atoms with Gasteiger partial charge in [0.2, 0.25) is 0 Å². The first-order chi connectivity index (χ1) is 8.79. The molecule has 0 spiro atoms. The molecule has 2 heterocycles.